The van der Waals surface area contributed by atoms with Crippen molar-refractivity contribution in [2.75, 3.05) is 6.54 Å². The van der Waals surface area contributed by atoms with Crippen LogP contribution in [-0.2, 0) is 55.6 Å². The van der Waals surface area contributed by atoms with Crippen molar-refractivity contribution in [3.63, 3.8) is 0 Å². The standard InChI is InChI=1S/C36H37N3O7/c1-6-36(46-35(43)45-19-24-12-8-7-11-22(24)4)29-17-31-32-27(18-39(31)33(41)28(29)20-44-34(36)42)25(15-16-38(21(2)3)23(5)40)26-13-9-10-14-30(26)37-32/h7-14,17,21H,6,15-16,18-20H2,1-5H3/t36-/m0/s1. The molecule has 0 radical (unpaired) electrons. The molecule has 0 spiro atoms. The summed E-state index contributed by atoms with van der Waals surface area (Å²) in [4.78, 5) is 59.7. The lowest BCUT2D eigenvalue weighted by molar-refractivity contribution is -0.175. The van der Waals surface area contributed by atoms with E-state index < -0.39 is 17.7 Å². The predicted molar refractivity (Wildman–Crippen MR) is 171 cm³/mol. The minimum atomic E-state index is -1.87. The number of amides is 1. The number of carbonyl (C=O) groups excluding carboxylic acids is 3. The summed E-state index contributed by atoms with van der Waals surface area (Å²) in [6.45, 7) is 9.66. The number of nitrogens with zero attached hydrogens (tertiary/aromatic N) is 3. The largest absolute Gasteiger partial charge is 0.510 e. The molecule has 0 saturated heterocycles. The molecule has 0 fully saturated rings. The van der Waals surface area contributed by atoms with Crippen LogP contribution in [0.2, 0.25) is 0 Å². The molecule has 0 bridgehead atoms. The quantitative estimate of drug-likeness (QED) is 0.207. The van der Waals surface area contributed by atoms with E-state index in [0.717, 1.165) is 33.2 Å². The molecular weight excluding hydrogens is 586 g/mol. The molecule has 2 aromatic carbocycles. The Morgan fingerprint density at radius 2 is 1.83 bits per heavy atom. The van der Waals surface area contributed by atoms with Crippen molar-refractivity contribution in [3.8, 4) is 11.4 Å². The van der Waals surface area contributed by atoms with Crippen LogP contribution in [0.5, 0.6) is 0 Å². The highest BCUT2D eigenvalue weighted by atomic mass is 16.7. The highest BCUT2D eigenvalue weighted by Gasteiger charge is 2.51. The number of para-hydroxylation sites is 1. The van der Waals surface area contributed by atoms with Gasteiger partial charge in [0.1, 0.15) is 13.2 Å². The Hall–Kier alpha value is -4.99. The molecular formula is C36H37N3O7. The van der Waals surface area contributed by atoms with E-state index in [2.05, 4.69) is 0 Å². The van der Waals surface area contributed by atoms with Gasteiger partial charge in [-0.2, -0.15) is 0 Å². The Kier molecular flexibility index (Phi) is 8.14. The van der Waals surface area contributed by atoms with Crippen LogP contribution in [-0.4, -0.2) is 45.1 Å². The normalized spacial score (nSPS) is 16.4. The predicted octanol–water partition coefficient (Wildman–Crippen LogP) is 5.55. The molecule has 1 atom stereocenters. The minimum absolute atomic E-state index is 0.00445. The molecule has 1 amide bonds. The van der Waals surface area contributed by atoms with Gasteiger partial charge in [0, 0.05) is 36.0 Å². The van der Waals surface area contributed by atoms with Crippen molar-refractivity contribution in [2.45, 2.75) is 78.9 Å². The molecule has 0 aliphatic carbocycles. The smallest absolute Gasteiger partial charge is 0.457 e. The Morgan fingerprint density at radius 1 is 1.09 bits per heavy atom. The van der Waals surface area contributed by atoms with Gasteiger partial charge in [0.15, 0.2) is 0 Å². The van der Waals surface area contributed by atoms with Gasteiger partial charge < -0.3 is 23.7 Å². The molecule has 4 aromatic rings. The Morgan fingerprint density at radius 3 is 2.54 bits per heavy atom. The van der Waals surface area contributed by atoms with Gasteiger partial charge in [0.2, 0.25) is 11.5 Å². The van der Waals surface area contributed by atoms with Crippen molar-refractivity contribution in [1.29, 1.82) is 0 Å². The number of cyclic esters (lactones) is 1. The van der Waals surface area contributed by atoms with Crippen molar-refractivity contribution in [3.05, 3.63) is 98.3 Å². The third-order valence-corrected chi connectivity index (χ3v) is 9.18. The van der Waals surface area contributed by atoms with E-state index in [1.807, 2.05) is 74.2 Å². The van der Waals surface area contributed by atoms with Crippen LogP contribution < -0.4 is 5.56 Å². The maximum atomic E-state index is 14.1. The average Bonchev–Trinajstić information content (AvgIpc) is 3.40. The lowest BCUT2D eigenvalue weighted by Gasteiger charge is -2.35. The van der Waals surface area contributed by atoms with E-state index in [4.69, 9.17) is 19.2 Å². The zero-order valence-electron chi connectivity index (χ0n) is 26.7. The maximum Gasteiger partial charge on any atom is 0.510 e. The van der Waals surface area contributed by atoms with Crippen LogP contribution in [0.15, 0.2) is 59.4 Å². The number of ether oxygens (including phenoxy) is 3. The molecule has 2 aliphatic rings. The summed E-state index contributed by atoms with van der Waals surface area (Å²) in [5.41, 5.74) is 3.88. The fourth-order valence-corrected chi connectivity index (χ4v) is 6.65. The average molecular weight is 624 g/mol. The molecule has 0 saturated carbocycles. The van der Waals surface area contributed by atoms with Gasteiger partial charge in [-0.3, -0.25) is 9.59 Å². The third kappa shape index (κ3) is 5.21. The first-order valence-corrected chi connectivity index (χ1v) is 15.6. The van der Waals surface area contributed by atoms with E-state index in [0.29, 0.717) is 24.4 Å². The number of fused-ring (bicyclic) bond motifs is 5. The second-order valence-corrected chi connectivity index (χ2v) is 12.1. The lowest BCUT2D eigenvalue weighted by Crippen LogP contribution is -2.47. The Labute approximate surface area is 266 Å². The second kappa shape index (κ2) is 12.1. The molecule has 238 valence electrons. The third-order valence-electron chi connectivity index (χ3n) is 9.18. The summed E-state index contributed by atoms with van der Waals surface area (Å²) >= 11 is 0. The van der Waals surface area contributed by atoms with E-state index >= 15 is 0 Å². The number of hydrogen-bond acceptors (Lipinski definition) is 8. The van der Waals surface area contributed by atoms with E-state index in [1.54, 1.807) is 24.5 Å². The van der Waals surface area contributed by atoms with Crippen molar-refractivity contribution in [2.24, 2.45) is 0 Å². The fourth-order valence-electron chi connectivity index (χ4n) is 6.65. The van der Waals surface area contributed by atoms with E-state index in [1.165, 1.54) is 0 Å². The topological polar surface area (TPSA) is 117 Å². The summed E-state index contributed by atoms with van der Waals surface area (Å²) in [7, 11) is 0. The minimum Gasteiger partial charge on any atom is -0.457 e. The molecule has 2 aromatic heterocycles. The van der Waals surface area contributed by atoms with Gasteiger partial charge in [-0.1, -0.05) is 49.4 Å². The fraction of sp³-hybridized carbons (Fsp3) is 0.361. The first-order valence-electron chi connectivity index (χ1n) is 15.6. The number of aromatic nitrogens is 2. The Bertz CT molecular complexity index is 1950. The number of benzene rings is 2. The molecule has 6 rings (SSSR count). The molecule has 46 heavy (non-hydrogen) atoms. The number of aryl methyl sites for hydroxylation is 1. The van der Waals surface area contributed by atoms with Crippen molar-refractivity contribution < 1.29 is 28.6 Å². The summed E-state index contributed by atoms with van der Waals surface area (Å²) in [6.07, 6.45) is -0.440. The van der Waals surface area contributed by atoms with Gasteiger partial charge in [-0.15, -0.1) is 0 Å². The lowest BCUT2D eigenvalue weighted by atomic mass is 9.85. The zero-order chi connectivity index (χ0) is 32.7. The van der Waals surface area contributed by atoms with Gasteiger partial charge in [-0.05, 0) is 62.4 Å². The first kappa shape index (κ1) is 31.0. The van der Waals surface area contributed by atoms with Gasteiger partial charge in [0.25, 0.3) is 5.56 Å². The van der Waals surface area contributed by atoms with Crippen LogP contribution in [0, 0.1) is 6.92 Å². The number of esters is 1. The van der Waals surface area contributed by atoms with Crippen molar-refractivity contribution >= 4 is 28.9 Å². The molecule has 0 unspecified atom stereocenters. The van der Waals surface area contributed by atoms with Crippen molar-refractivity contribution in [1.82, 2.24) is 14.5 Å². The van der Waals surface area contributed by atoms with E-state index in [9.17, 15) is 19.2 Å². The SMILES string of the molecule is CC[C@@]1(OC(=O)OCc2ccccc2C)C(=O)OCc2c1cc1n(c2=O)Cc2c-1nc1ccccc1c2CCN(C(C)=O)C(C)C. The monoisotopic (exact) mass is 623 g/mol. The second-order valence-electron chi connectivity index (χ2n) is 12.1. The van der Waals surface area contributed by atoms with Gasteiger partial charge >= 0.3 is 12.1 Å². The highest BCUT2D eigenvalue weighted by Crippen LogP contribution is 2.42. The van der Waals surface area contributed by atoms with E-state index in [-0.39, 0.29) is 54.8 Å². The van der Waals surface area contributed by atoms with Crippen LogP contribution >= 0.6 is 0 Å². The number of hydrogen-bond donors (Lipinski definition) is 0. The molecule has 2 aliphatic heterocycles. The molecule has 4 heterocycles. The summed E-state index contributed by atoms with van der Waals surface area (Å²) in [5, 5.41) is 0.959. The zero-order valence-corrected chi connectivity index (χ0v) is 26.7. The summed E-state index contributed by atoms with van der Waals surface area (Å²) < 4.78 is 18.3. The number of pyridine rings is 2. The summed E-state index contributed by atoms with van der Waals surface area (Å²) in [5.74, 6) is -0.765. The first-order chi connectivity index (χ1) is 22.1. The number of carbonyl (C=O) groups is 3. The Balaban J connectivity index is 1.42. The van der Waals surface area contributed by atoms with Crippen LogP contribution in [0.4, 0.5) is 4.79 Å². The van der Waals surface area contributed by atoms with Crippen LogP contribution in [0.25, 0.3) is 22.3 Å². The number of rotatable bonds is 8. The van der Waals surface area contributed by atoms with Crippen LogP contribution in [0.3, 0.4) is 0 Å². The van der Waals surface area contributed by atoms with Crippen LogP contribution in [0.1, 0.15) is 67.5 Å². The highest BCUT2D eigenvalue weighted by molar-refractivity contribution is 5.89. The van der Waals surface area contributed by atoms with Gasteiger partial charge in [-0.25, -0.2) is 14.6 Å². The summed E-state index contributed by atoms with van der Waals surface area (Å²) in [6, 6.07) is 17.0. The molecule has 10 nitrogen and oxygen atoms in total. The maximum absolute atomic E-state index is 14.1. The molecule has 10 heteroatoms. The van der Waals surface area contributed by atoms with Gasteiger partial charge in [0.05, 0.1) is 29.0 Å². The molecule has 0 N–H and O–H groups in total.